The van der Waals surface area contributed by atoms with Crippen LogP contribution in [0.4, 0.5) is 5.69 Å². The molecule has 0 aliphatic heterocycles. The third kappa shape index (κ3) is 3.61. The number of rotatable bonds is 5. The third-order valence-electron chi connectivity index (χ3n) is 3.93. The molecule has 0 atom stereocenters. The van der Waals surface area contributed by atoms with Crippen LogP contribution in [0.5, 0.6) is 5.75 Å². The van der Waals surface area contributed by atoms with E-state index in [0.717, 1.165) is 9.87 Å². The SMILES string of the molecule is COc1ccccc1N(C)S(=O)(=O)c1ccc(C)c(C(=O)N(C)C)c1. The lowest BCUT2D eigenvalue weighted by Crippen LogP contribution is -2.28. The Bertz CT molecular complexity index is 892. The number of hydrogen-bond donors (Lipinski definition) is 0. The number of ether oxygens (including phenoxy) is 1. The standard InChI is InChI=1S/C18H22N2O4S/c1-13-10-11-14(12-15(13)18(21)19(2)3)25(22,23)20(4)16-8-6-7-9-17(16)24-5/h6-12H,1-5H3. The molecule has 0 bridgehead atoms. The average Bonchev–Trinajstić information content (AvgIpc) is 2.60. The van der Waals surface area contributed by atoms with E-state index in [2.05, 4.69) is 0 Å². The highest BCUT2D eigenvalue weighted by molar-refractivity contribution is 7.92. The average molecular weight is 362 g/mol. The Kier molecular flexibility index (Phi) is 5.37. The molecule has 0 heterocycles. The van der Waals surface area contributed by atoms with Gasteiger partial charge in [0.1, 0.15) is 5.75 Å². The van der Waals surface area contributed by atoms with Crippen LogP contribution < -0.4 is 9.04 Å². The van der Waals surface area contributed by atoms with Gasteiger partial charge in [-0.25, -0.2) is 8.42 Å². The first-order chi connectivity index (χ1) is 11.7. The van der Waals surface area contributed by atoms with Gasteiger partial charge in [0.25, 0.3) is 15.9 Å². The van der Waals surface area contributed by atoms with E-state index < -0.39 is 10.0 Å². The molecule has 6 nitrogen and oxygen atoms in total. The van der Waals surface area contributed by atoms with Gasteiger partial charge < -0.3 is 9.64 Å². The highest BCUT2D eigenvalue weighted by Gasteiger charge is 2.25. The van der Waals surface area contributed by atoms with E-state index in [4.69, 9.17) is 4.74 Å². The van der Waals surface area contributed by atoms with E-state index in [1.54, 1.807) is 51.4 Å². The van der Waals surface area contributed by atoms with Crippen molar-refractivity contribution in [2.75, 3.05) is 32.6 Å². The van der Waals surface area contributed by atoms with E-state index in [0.29, 0.717) is 17.0 Å². The molecular formula is C18H22N2O4S. The van der Waals surface area contributed by atoms with Crippen molar-refractivity contribution in [2.24, 2.45) is 0 Å². The predicted molar refractivity (Wildman–Crippen MR) is 97.8 cm³/mol. The van der Waals surface area contributed by atoms with Crippen LogP contribution in [0.15, 0.2) is 47.4 Å². The van der Waals surface area contributed by atoms with Gasteiger partial charge in [-0.1, -0.05) is 18.2 Å². The maximum Gasteiger partial charge on any atom is 0.264 e. The van der Waals surface area contributed by atoms with Crippen LogP contribution in [-0.4, -0.2) is 47.5 Å². The number of aryl methyl sites for hydroxylation is 1. The van der Waals surface area contributed by atoms with Crippen molar-refractivity contribution in [1.29, 1.82) is 0 Å². The molecule has 25 heavy (non-hydrogen) atoms. The number of para-hydroxylation sites is 2. The van der Waals surface area contributed by atoms with E-state index >= 15 is 0 Å². The number of carbonyl (C=O) groups excluding carboxylic acids is 1. The van der Waals surface area contributed by atoms with Gasteiger partial charge in [-0.3, -0.25) is 9.10 Å². The lowest BCUT2D eigenvalue weighted by atomic mass is 10.1. The van der Waals surface area contributed by atoms with Crippen LogP contribution in [0.1, 0.15) is 15.9 Å². The number of carbonyl (C=O) groups is 1. The summed E-state index contributed by atoms with van der Waals surface area (Å²) in [6, 6.07) is 11.4. The highest BCUT2D eigenvalue weighted by Crippen LogP contribution is 2.31. The van der Waals surface area contributed by atoms with Crippen LogP contribution in [0, 0.1) is 6.92 Å². The lowest BCUT2D eigenvalue weighted by Gasteiger charge is -2.22. The monoisotopic (exact) mass is 362 g/mol. The van der Waals surface area contributed by atoms with Gasteiger partial charge in [-0.05, 0) is 36.8 Å². The fourth-order valence-electron chi connectivity index (χ4n) is 2.41. The quantitative estimate of drug-likeness (QED) is 0.820. The molecule has 0 aliphatic carbocycles. The van der Waals surface area contributed by atoms with Crippen molar-refractivity contribution in [3.63, 3.8) is 0 Å². The molecule has 0 spiro atoms. The van der Waals surface area contributed by atoms with Gasteiger partial charge in [0.2, 0.25) is 0 Å². The van der Waals surface area contributed by atoms with Crippen LogP contribution in [0.25, 0.3) is 0 Å². The summed E-state index contributed by atoms with van der Waals surface area (Å²) in [6.07, 6.45) is 0. The van der Waals surface area contributed by atoms with Crippen molar-refractivity contribution in [3.05, 3.63) is 53.6 Å². The van der Waals surface area contributed by atoms with Crippen molar-refractivity contribution in [3.8, 4) is 5.75 Å². The highest BCUT2D eigenvalue weighted by atomic mass is 32.2. The zero-order valence-corrected chi connectivity index (χ0v) is 15.8. The molecule has 2 rings (SSSR count). The summed E-state index contributed by atoms with van der Waals surface area (Å²) in [6.45, 7) is 1.77. The second-order valence-corrected chi connectivity index (χ2v) is 7.79. The van der Waals surface area contributed by atoms with E-state index in [1.165, 1.54) is 31.2 Å². The molecular weight excluding hydrogens is 340 g/mol. The number of methoxy groups -OCH3 is 1. The van der Waals surface area contributed by atoms with Crippen molar-refractivity contribution in [1.82, 2.24) is 4.90 Å². The Morgan fingerprint density at radius 1 is 1.04 bits per heavy atom. The zero-order valence-electron chi connectivity index (χ0n) is 15.0. The maximum atomic E-state index is 13.0. The number of nitrogens with zero attached hydrogens (tertiary/aromatic N) is 2. The largest absolute Gasteiger partial charge is 0.495 e. The van der Waals surface area contributed by atoms with Crippen LogP contribution in [-0.2, 0) is 10.0 Å². The summed E-state index contributed by atoms with van der Waals surface area (Å²) < 4.78 is 32.4. The summed E-state index contributed by atoms with van der Waals surface area (Å²) in [5.74, 6) is 0.208. The van der Waals surface area contributed by atoms with Gasteiger partial charge in [0, 0.05) is 26.7 Å². The van der Waals surface area contributed by atoms with Crippen LogP contribution in [0.2, 0.25) is 0 Å². The number of anilines is 1. The molecule has 0 aliphatic rings. The molecule has 1 amide bonds. The smallest absolute Gasteiger partial charge is 0.264 e. The molecule has 0 saturated carbocycles. The third-order valence-corrected chi connectivity index (χ3v) is 5.70. The molecule has 0 saturated heterocycles. The van der Waals surface area contributed by atoms with Crippen molar-refractivity contribution >= 4 is 21.6 Å². The molecule has 2 aromatic rings. The van der Waals surface area contributed by atoms with Crippen LogP contribution in [0.3, 0.4) is 0 Å². The van der Waals surface area contributed by atoms with Gasteiger partial charge in [-0.15, -0.1) is 0 Å². The molecule has 2 aromatic carbocycles. The first kappa shape index (κ1) is 18.8. The minimum Gasteiger partial charge on any atom is -0.495 e. The van der Waals surface area contributed by atoms with Gasteiger partial charge in [-0.2, -0.15) is 0 Å². The molecule has 0 unspecified atom stereocenters. The van der Waals surface area contributed by atoms with Gasteiger partial charge in [0.15, 0.2) is 0 Å². The van der Waals surface area contributed by atoms with E-state index in [1.807, 2.05) is 0 Å². The molecule has 0 radical (unpaired) electrons. The summed E-state index contributed by atoms with van der Waals surface area (Å²) in [5.41, 5.74) is 1.50. The predicted octanol–water partition coefficient (Wildman–Crippen LogP) is 2.53. The number of benzene rings is 2. The maximum absolute atomic E-state index is 13.0. The summed E-state index contributed by atoms with van der Waals surface area (Å²) >= 11 is 0. The lowest BCUT2D eigenvalue weighted by molar-refractivity contribution is 0.0826. The van der Waals surface area contributed by atoms with Gasteiger partial charge >= 0.3 is 0 Å². The number of amides is 1. The van der Waals surface area contributed by atoms with E-state index in [-0.39, 0.29) is 10.8 Å². The summed E-state index contributed by atoms with van der Waals surface area (Å²) in [4.78, 5) is 13.8. The molecule has 7 heteroatoms. The molecule has 0 aromatic heterocycles. The summed E-state index contributed by atoms with van der Waals surface area (Å²) in [5, 5.41) is 0. The van der Waals surface area contributed by atoms with Crippen LogP contribution >= 0.6 is 0 Å². The minimum absolute atomic E-state index is 0.0525. The van der Waals surface area contributed by atoms with Crippen molar-refractivity contribution < 1.29 is 17.9 Å². The summed E-state index contributed by atoms with van der Waals surface area (Å²) in [7, 11) is 2.36. The van der Waals surface area contributed by atoms with E-state index in [9.17, 15) is 13.2 Å². The topological polar surface area (TPSA) is 66.9 Å². The number of hydrogen-bond acceptors (Lipinski definition) is 4. The Labute approximate surface area is 148 Å². The fourth-order valence-corrected chi connectivity index (χ4v) is 3.64. The minimum atomic E-state index is -3.84. The van der Waals surface area contributed by atoms with Gasteiger partial charge in [0.05, 0.1) is 17.7 Å². The Morgan fingerprint density at radius 2 is 1.68 bits per heavy atom. The zero-order chi connectivity index (χ0) is 18.8. The molecule has 0 fully saturated rings. The molecule has 134 valence electrons. The Morgan fingerprint density at radius 3 is 2.28 bits per heavy atom. The van der Waals surface area contributed by atoms with Crippen molar-refractivity contribution in [2.45, 2.75) is 11.8 Å². The normalized spacial score (nSPS) is 11.1. The second kappa shape index (κ2) is 7.14. The Hall–Kier alpha value is -2.54. The first-order valence-corrected chi connectivity index (χ1v) is 9.08. The first-order valence-electron chi connectivity index (χ1n) is 7.64. The fraction of sp³-hybridized carbons (Fsp3) is 0.278. The number of sulfonamides is 1. The molecule has 0 N–H and O–H groups in total. The second-order valence-electron chi connectivity index (χ2n) is 5.82. The Balaban J connectivity index is 2.53.